The highest BCUT2D eigenvalue weighted by Crippen LogP contribution is 2.48. The lowest BCUT2D eigenvalue weighted by Crippen LogP contribution is -2.55. The lowest BCUT2D eigenvalue weighted by atomic mass is 9.45. The Morgan fingerprint density at radius 2 is 1.04 bits per heavy atom. The van der Waals surface area contributed by atoms with Crippen molar-refractivity contribution in [2.24, 2.45) is 0 Å². The van der Waals surface area contributed by atoms with Crippen LogP contribution < -0.4 is 10.9 Å². The zero-order valence-corrected chi connectivity index (χ0v) is 42.1. The number of aromatic nitrogens is 2. The van der Waals surface area contributed by atoms with Crippen molar-refractivity contribution in [1.29, 1.82) is 0 Å². The molecule has 0 N–H and O–H groups in total. The van der Waals surface area contributed by atoms with Crippen molar-refractivity contribution in [3.8, 4) is 39.1 Å². The van der Waals surface area contributed by atoms with E-state index in [1.165, 1.54) is 138 Å². The Balaban J connectivity index is 1.32. The third kappa shape index (κ3) is 6.15. The molecular formula is C64H63BN2. The maximum absolute atomic E-state index is 2.77. The molecule has 4 heterocycles. The van der Waals surface area contributed by atoms with Gasteiger partial charge in [0.1, 0.15) is 0 Å². The standard InChI is InChI=1S/C64H63BN2/c1-36-19-22-46(37(2)25-36)41-29-50-53-35-45(64(12,13)14)34-52-49-33-42(61(3,4)5)21-24-55(49)67(59(52)53)65-54-30-40(39-26-43(62(6,7)8)32-44(27-39)63(9,10)11)28-51-48-23-20-38-17-15-16-18-47(38)58(48)66(60(51)54)56(31-41)57(50)65/h15-35H,1-14H3. The molecule has 2 nitrogen and oxygen atoms in total. The van der Waals surface area contributed by atoms with E-state index in [2.05, 4.69) is 233 Å². The van der Waals surface area contributed by atoms with Crippen LogP contribution >= 0.6 is 0 Å². The number of nitrogens with zero attached hydrogens (tertiary/aromatic N) is 2. The zero-order valence-electron chi connectivity index (χ0n) is 42.1. The molecular weight excluding hydrogens is 808 g/mol. The molecule has 12 rings (SSSR count). The van der Waals surface area contributed by atoms with E-state index in [1.807, 2.05) is 0 Å². The Labute approximate surface area is 397 Å². The fourth-order valence-electron chi connectivity index (χ4n) is 11.8. The van der Waals surface area contributed by atoms with Gasteiger partial charge in [-0.2, -0.15) is 0 Å². The van der Waals surface area contributed by atoms with Crippen LogP contribution in [0.2, 0.25) is 0 Å². The van der Waals surface area contributed by atoms with Crippen molar-refractivity contribution in [2.75, 3.05) is 0 Å². The zero-order chi connectivity index (χ0) is 47.0. The van der Waals surface area contributed by atoms with Crippen LogP contribution in [-0.2, 0) is 21.7 Å². The van der Waals surface area contributed by atoms with Gasteiger partial charge in [-0.25, -0.2) is 0 Å². The number of fused-ring (bicyclic) bond motifs is 12. The molecule has 2 aliphatic heterocycles. The molecule has 0 bridgehead atoms. The predicted molar refractivity (Wildman–Crippen MR) is 292 cm³/mol. The van der Waals surface area contributed by atoms with E-state index in [0.717, 1.165) is 0 Å². The van der Waals surface area contributed by atoms with Crippen molar-refractivity contribution >= 4 is 72.2 Å². The van der Waals surface area contributed by atoms with Gasteiger partial charge in [-0.15, -0.1) is 0 Å². The molecule has 0 radical (unpaired) electrons. The van der Waals surface area contributed by atoms with Crippen LogP contribution in [0.3, 0.4) is 0 Å². The minimum Gasteiger partial charge on any atom is -0.375 e. The third-order valence-electron chi connectivity index (χ3n) is 15.6. The topological polar surface area (TPSA) is 9.86 Å². The SMILES string of the molecule is Cc1ccc(-c2cc3c4c(c2)-n2c5c(cc(-c6cc(C(C)(C)C)cc(C(C)(C)C)c6)cc5c5ccc6ccccc6c52)B4n2c4ccc(C(C)(C)C)cc4c4cc(C(C)(C)C)cc-3c42)c(C)c1. The number of hydrogen-bond acceptors (Lipinski definition) is 0. The Hall–Kier alpha value is -6.32. The van der Waals surface area contributed by atoms with Crippen molar-refractivity contribution in [3.63, 3.8) is 0 Å². The second-order valence-electron chi connectivity index (χ2n) is 24.5. The molecule has 10 aromatic rings. The molecule has 8 aromatic carbocycles. The van der Waals surface area contributed by atoms with E-state index < -0.39 is 0 Å². The summed E-state index contributed by atoms with van der Waals surface area (Å²) in [6.07, 6.45) is 0. The molecule has 0 amide bonds. The number of benzene rings is 8. The fraction of sp³-hybridized carbons (Fsp3) is 0.281. The monoisotopic (exact) mass is 871 g/mol. The van der Waals surface area contributed by atoms with Gasteiger partial charge in [0.25, 0.3) is 0 Å². The maximum Gasteiger partial charge on any atom is 0.333 e. The minimum absolute atomic E-state index is 0.00668. The average Bonchev–Trinajstić information content (AvgIpc) is 3.78. The summed E-state index contributed by atoms with van der Waals surface area (Å²) in [6.45, 7) is 32.7. The summed E-state index contributed by atoms with van der Waals surface area (Å²) in [7, 11) is 0. The largest absolute Gasteiger partial charge is 0.375 e. The lowest BCUT2D eigenvalue weighted by Gasteiger charge is -2.35. The van der Waals surface area contributed by atoms with Crippen LogP contribution in [0.4, 0.5) is 0 Å². The first kappa shape index (κ1) is 42.1. The van der Waals surface area contributed by atoms with Gasteiger partial charge in [-0.3, -0.25) is 0 Å². The van der Waals surface area contributed by atoms with Gasteiger partial charge in [0.15, 0.2) is 0 Å². The molecule has 0 saturated heterocycles. The molecule has 67 heavy (non-hydrogen) atoms. The van der Waals surface area contributed by atoms with Crippen LogP contribution in [0.15, 0.2) is 127 Å². The van der Waals surface area contributed by atoms with E-state index in [-0.39, 0.29) is 28.5 Å². The highest BCUT2D eigenvalue weighted by molar-refractivity contribution is 6.90. The fourth-order valence-corrected chi connectivity index (χ4v) is 11.8. The summed E-state index contributed by atoms with van der Waals surface area (Å²) in [5.74, 6) is 0. The van der Waals surface area contributed by atoms with Crippen LogP contribution in [-0.4, -0.2) is 15.9 Å². The molecule has 2 aliphatic rings. The lowest BCUT2D eigenvalue weighted by molar-refractivity contribution is 0.569. The first-order valence-electron chi connectivity index (χ1n) is 24.6. The predicted octanol–water partition coefficient (Wildman–Crippen LogP) is 16.1. The Kier molecular flexibility index (Phi) is 8.57. The van der Waals surface area contributed by atoms with Gasteiger partial charge < -0.3 is 9.05 Å². The summed E-state index contributed by atoms with van der Waals surface area (Å²) in [4.78, 5) is 0. The molecule has 0 unspecified atom stereocenters. The van der Waals surface area contributed by atoms with E-state index in [4.69, 9.17) is 0 Å². The van der Waals surface area contributed by atoms with Gasteiger partial charge >= 0.3 is 6.85 Å². The van der Waals surface area contributed by atoms with Crippen molar-refractivity contribution in [1.82, 2.24) is 9.05 Å². The Bertz CT molecular complexity index is 3770. The smallest absolute Gasteiger partial charge is 0.333 e. The minimum atomic E-state index is -0.0648. The van der Waals surface area contributed by atoms with E-state index in [0.29, 0.717) is 0 Å². The molecule has 0 spiro atoms. The van der Waals surface area contributed by atoms with Gasteiger partial charge in [0.05, 0.1) is 11.0 Å². The van der Waals surface area contributed by atoms with Crippen LogP contribution in [0.1, 0.15) is 116 Å². The van der Waals surface area contributed by atoms with E-state index >= 15 is 0 Å². The summed E-state index contributed by atoms with van der Waals surface area (Å²) < 4.78 is 5.46. The number of rotatable bonds is 2. The summed E-state index contributed by atoms with van der Waals surface area (Å²) >= 11 is 0. The summed E-state index contributed by atoms with van der Waals surface area (Å²) in [5.41, 5.74) is 25.1. The average molecular weight is 871 g/mol. The molecule has 0 atom stereocenters. The van der Waals surface area contributed by atoms with Crippen molar-refractivity contribution in [3.05, 3.63) is 161 Å². The molecule has 2 aromatic heterocycles. The molecule has 0 fully saturated rings. The third-order valence-corrected chi connectivity index (χ3v) is 15.6. The molecule has 0 saturated carbocycles. The van der Waals surface area contributed by atoms with Crippen LogP contribution in [0.5, 0.6) is 0 Å². The summed E-state index contributed by atoms with van der Waals surface area (Å²) in [6, 6.07) is 50.9. The summed E-state index contributed by atoms with van der Waals surface area (Å²) in [5, 5.41) is 7.85. The van der Waals surface area contributed by atoms with Crippen LogP contribution in [0, 0.1) is 13.8 Å². The quantitative estimate of drug-likeness (QED) is 0.153. The second kappa shape index (κ2) is 13.7. The molecule has 3 heteroatoms. The van der Waals surface area contributed by atoms with Gasteiger partial charge in [-0.1, -0.05) is 174 Å². The Morgan fingerprint density at radius 1 is 0.403 bits per heavy atom. The van der Waals surface area contributed by atoms with E-state index in [1.54, 1.807) is 0 Å². The van der Waals surface area contributed by atoms with Crippen molar-refractivity contribution in [2.45, 2.75) is 119 Å². The van der Waals surface area contributed by atoms with E-state index in [9.17, 15) is 0 Å². The van der Waals surface area contributed by atoms with Gasteiger partial charge in [0, 0.05) is 49.2 Å². The number of aryl methyl sites for hydroxylation is 2. The highest BCUT2D eigenvalue weighted by atomic mass is 15.0. The van der Waals surface area contributed by atoms with Gasteiger partial charge in [-0.05, 0) is 150 Å². The first-order valence-corrected chi connectivity index (χ1v) is 24.6. The first-order chi connectivity index (χ1) is 31.6. The normalized spacial score (nSPS) is 13.8. The molecule has 332 valence electrons. The second-order valence-corrected chi connectivity index (χ2v) is 24.5. The van der Waals surface area contributed by atoms with Crippen LogP contribution in [0.25, 0.3) is 93.5 Å². The van der Waals surface area contributed by atoms with Gasteiger partial charge in [0.2, 0.25) is 0 Å². The Morgan fingerprint density at radius 3 is 1.73 bits per heavy atom. The maximum atomic E-state index is 2.77. The molecule has 0 aliphatic carbocycles. The number of hydrogen-bond donors (Lipinski definition) is 0. The highest BCUT2D eigenvalue weighted by Gasteiger charge is 2.43. The van der Waals surface area contributed by atoms with Crippen molar-refractivity contribution < 1.29 is 0 Å².